The van der Waals surface area contributed by atoms with Gasteiger partial charge in [0.2, 0.25) is 0 Å². The van der Waals surface area contributed by atoms with Crippen molar-refractivity contribution in [1.29, 1.82) is 0 Å². The molecule has 0 saturated heterocycles. The number of nitro groups is 1. The van der Waals surface area contributed by atoms with E-state index in [0.717, 1.165) is 24.8 Å². The van der Waals surface area contributed by atoms with Gasteiger partial charge < -0.3 is 14.8 Å². The summed E-state index contributed by atoms with van der Waals surface area (Å²) in [4.78, 5) is 36.7. The van der Waals surface area contributed by atoms with Gasteiger partial charge >= 0.3 is 5.97 Å². The Morgan fingerprint density at radius 1 is 1.38 bits per heavy atom. The third-order valence-electron chi connectivity index (χ3n) is 4.93. The second-order valence-electron chi connectivity index (χ2n) is 7.08. The lowest BCUT2D eigenvalue weighted by Gasteiger charge is -2.19. The molecule has 2 aromatic rings. The van der Waals surface area contributed by atoms with Gasteiger partial charge in [0.15, 0.2) is 6.10 Å². The first kappa shape index (κ1) is 20.8. The number of non-ortho nitro benzene ring substituents is 1. The van der Waals surface area contributed by atoms with Crippen molar-refractivity contribution in [3.8, 4) is 5.75 Å². The minimum absolute atomic E-state index is 0.136. The van der Waals surface area contributed by atoms with Crippen LogP contribution in [0.25, 0.3) is 0 Å². The molecule has 2 atom stereocenters. The number of carbonyl (C=O) groups excluding carboxylic acids is 2. The summed E-state index contributed by atoms with van der Waals surface area (Å²) in [5.41, 5.74) is 1.48. The van der Waals surface area contributed by atoms with E-state index in [0.29, 0.717) is 11.5 Å². The van der Waals surface area contributed by atoms with Gasteiger partial charge in [0.1, 0.15) is 5.75 Å². The van der Waals surface area contributed by atoms with Gasteiger partial charge in [-0.2, -0.15) is 0 Å². The molecule has 0 aliphatic heterocycles. The minimum atomic E-state index is -1.08. The van der Waals surface area contributed by atoms with E-state index in [4.69, 9.17) is 9.47 Å². The topological polar surface area (TPSA) is 108 Å². The smallest absolute Gasteiger partial charge is 0.340 e. The van der Waals surface area contributed by atoms with Gasteiger partial charge in [-0.3, -0.25) is 14.9 Å². The van der Waals surface area contributed by atoms with E-state index < -0.39 is 22.9 Å². The van der Waals surface area contributed by atoms with Crippen LogP contribution in [0.4, 0.5) is 11.4 Å². The number of benzene rings is 1. The van der Waals surface area contributed by atoms with E-state index in [9.17, 15) is 19.7 Å². The van der Waals surface area contributed by atoms with Crippen molar-refractivity contribution >= 4 is 34.6 Å². The molecule has 0 radical (unpaired) electrons. The van der Waals surface area contributed by atoms with E-state index >= 15 is 0 Å². The van der Waals surface area contributed by atoms with Crippen LogP contribution < -0.4 is 10.1 Å². The lowest BCUT2D eigenvalue weighted by atomic mass is 9.88. The number of ether oxygens (including phenoxy) is 2. The summed E-state index contributed by atoms with van der Waals surface area (Å²) in [6.07, 6.45) is 1.72. The van der Waals surface area contributed by atoms with Crippen molar-refractivity contribution in [3.63, 3.8) is 0 Å². The van der Waals surface area contributed by atoms with Crippen LogP contribution in [0.2, 0.25) is 0 Å². The molecule has 2 unspecified atom stereocenters. The van der Waals surface area contributed by atoms with Crippen LogP contribution in [0.15, 0.2) is 23.6 Å². The molecule has 8 nitrogen and oxygen atoms in total. The van der Waals surface area contributed by atoms with Gasteiger partial charge in [-0.05, 0) is 43.7 Å². The first-order chi connectivity index (χ1) is 13.8. The Labute approximate surface area is 172 Å². The fourth-order valence-corrected chi connectivity index (χ4v) is 4.50. The predicted octanol–water partition coefficient (Wildman–Crippen LogP) is 3.97. The number of fused-ring (bicyclic) bond motifs is 1. The molecular weight excluding hydrogens is 396 g/mol. The van der Waals surface area contributed by atoms with Gasteiger partial charge in [0, 0.05) is 22.4 Å². The van der Waals surface area contributed by atoms with Crippen LogP contribution in [0.5, 0.6) is 5.75 Å². The second kappa shape index (κ2) is 8.60. The summed E-state index contributed by atoms with van der Waals surface area (Å²) in [7, 11) is 1.39. The SMILES string of the molecule is COc1ccc([N+](=O)[O-])cc1NC(=O)C(C)OC(=O)c1csc2c1CCC(C)C2. The van der Waals surface area contributed by atoms with Crippen LogP contribution in [-0.4, -0.2) is 30.0 Å². The number of carbonyl (C=O) groups is 2. The number of thiophene rings is 1. The van der Waals surface area contributed by atoms with E-state index in [1.54, 1.807) is 16.7 Å². The fourth-order valence-electron chi connectivity index (χ4n) is 3.27. The molecular formula is C20H22N2O6S. The van der Waals surface area contributed by atoms with Crippen molar-refractivity contribution in [3.05, 3.63) is 49.7 Å². The average Bonchev–Trinajstić information content (AvgIpc) is 3.10. The highest BCUT2D eigenvalue weighted by Crippen LogP contribution is 2.33. The Bertz CT molecular complexity index is 954. The number of esters is 1. The number of anilines is 1. The number of nitro benzene ring substituents is 1. The molecule has 1 N–H and O–H groups in total. The third-order valence-corrected chi connectivity index (χ3v) is 5.98. The van der Waals surface area contributed by atoms with Gasteiger partial charge in [0.05, 0.1) is 23.3 Å². The Morgan fingerprint density at radius 3 is 2.83 bits per heavy atom. The summed E-state index contributed by atoms with van der Waals surface area (Å²) >= 11 is 1.55. The summed E-state index contributed by atoms with van der Waals surface area (Å²) in [6.45, 7) is 3.65. The Hall–Kier alpha value is -2.94. The van der Waals surface area contributed by atoms with Gasteiger partial charge in [-0.25, -0.2) is 4.79 Å². The monoisotopic (exact) mass is 418 g/mol. The van der Waals surface area contributed by atoms with Crippen LogP contribution in [0.1, 0.15) is 41.1 Å². The Balaban J connectivity index is 1.69. The number of methoxy groups -OCH3 is 1. The molecule has 1 aliphatic rings. The molecule has 9 heteroatoms. The van der Waals surface area contributed by atoms with Crippen molar-refractivity contribution in [2.75, 3.05) is 12.4 Å². The minimum Gasteiger partial charge on any atom is -0.495 e. The predicted molar refractivity (Wildman–Crippen MR) is 109 cm³/mol. The van der Waals surface area contributed by atoms with Crippen molar-refractivity contribution in [2.45, 2.75) is 39.2 Å². The molecule has 1 aromatic carbocycles. The Kier molecular flexibility index (Phi) is 6.17. The number of nitrogens with one attached hydrogen (secondary N) is 1. The molecule has 1 aliphatic carbocycles. The molecule has 0 fully saturated rings. The quantitative estimate of drug-likeness (QED) is 0.432. The number of amides is 1. The lowest BCUT2D eigenvalue weighted by molar-refractivity contribution is -0.384. The van der Waals surface area contributed by atoms with E-state index in [1.807, 2.05) is 0 Å². The van der Waals surface area contributed by atoms with Crippen molar-refractivity contribution < 1.29 is 24.0 Å². The van der Waals surface area contributed by atoms with Crippen LogP contribution in [-0.2, 0) is 22.4 Å². The standard InChI is InChI=1S/C20H22N2O6S/c1-11-4-6-14-15(10-29-18(14)8-11)20(24)28-12(2)19(23)21-16-9-13(22(25)26)5-7-17(16)27-3/h5,7,9-12H,4,6,8H2,1-3H3,(H,21,23). The van der Waals surface area contributed by atoms with Gasteiger partial charge in [-0.15, -0.1) is 11.3 Å². The van der Waals surface area contributed by atoms with Crippen LogP contribution >= 0.6 is 11.3 Å². The maximum Gasteiger partial charge on any atom is 0.340 e. The summed E-state index contributed by atoms with van der Waals surface area (Å²) < 4.78 is 10.5. The van der Waals surface area contributed by atoms with E-state index in [1.165, 1.54) is 37.1 Å². The molecule has 3 rings (SSSR count). The molecule has 0 spiro atoms. The van der Waals surface area contributed by atoms with Crippen molar-refractivity contribution in [2.24, 2.45) is 5.92 Å². The molecule has 1 heterocycles. The Morgan fingerprint density at radius 2 is 2.14 bits per heavy atom. The largest absolute Gasteiger partial charge is 0.495 e. The number of rotatable bonds is 6. The molecule has 0 bridgehead atoms. The maximum absolute atomic E-state index is 12.6. The molecule has 29 heavy (non-hydrogen) atoms. The second-order valence-corrected chi connectivity index (χ2v) is 8.04. The van der Waals surface area contributed by atoms with Crippen molar-refractivity contribution in [1.82, 2.24) is 0 Å². The third kappa shape index (κ3) is 4.56. The molecule has 0 saturated carbocycles. The number of hydrogen-bond donors (Lipinski definition) is 1. The summed E-state index contributed by atoms with van der Waals surface area (Å²) in [5, 5.41) is 15.3. The normalized spacial score (nSPS) is 16.4. The summed E-state index contributed by atoms with van der Waals surface area (Å²) in [6, 6.07) is 3.86. The average molecular weight is 418 g/mol. The summed E-state index contributed by atoms with van der Waals surface area (Å²) in [5.74, 6) is -0.274. The van der Waals surface area contributed by atoms with Gasteiger partial charge in [-0.1, -0.05) is 6.92 Å². The number of nitrogens with zero attached hydrogens (tertiary/aromatic N) is 1. The van der Waals surface area contributed by atoms with E-state index in [2.05, 4.69) is 12.2 Å². The zero-order chi connectivity index (χ0) is 21.1. The van der Waals surface area contributed by atoms with Crippen LogP contribution in [0, 0.1) is 16.0 Å². The highest BCUT2D eigenvalue weighted by atomic mass is 32.1. The zero-order valence-electron chi connectivity index (χ0n) is 16.4. The fraction of sp³-hybridized carbons (Fsp3) is 0.400. The highest BCUT2D eigenvalue weighted by Gasteiger charge is 2.27. The van der Waals surface area contributed by atoms with E-state index in [-0.39, 0.29) is 17.1 Å². The molecule has 154 valence electrons. The molecule has 1 aromatic heterocycles. The first-order valence-electron chi connectivity index (χ1n) is 9.23. The molecule has 1 amide bonds. The first-order valence-corrected chi connectivity index (χ1v) is 10.1. The van der Waals surface area contributed by atoms with Crippen LogP contribution in [0.3, 0.4) is 0 Å². The lowest BCUT2D eigenvalue weighted by Crippen LogP contribution is -2.30. The number of hydrogen-bond acceptors (Lipinski definition) is 7. The zero-order valence-corrected chi connectivity index (χ0v) is 17.2. The maximum atomic E-state index is 12.6. The highest BCUT2D eigenvalue weighted by molar-refractivity contribution is 7.10. The van der Waals surface area contributed by atoms with Gasteiger partial charge in [0.25, 0.3) is 11.6 Å².